The minimum absolute atomic E-state index is 0.0528. The molecule has 0 bridgehead atoms. The number of anilines is 2. The van der Waals surface area contributed by atoms with Crippen LogP contribution in [0, 0.1) is 11.5 Å². The van der Waals surface area contributed by atoms with Crippen LogP contribution in [0.1, 0.15) is 12.0 Å². The largest absolute Gasteiger partial charge is 0.326 e. The van der Waals surface area contributed by atoms with Crippen LogP contribution in [0.2, 0.25) is 0 Å². The Morgan fingerprint density at radius 3 is 2.85 bits per heavy atom. The van der Waals surface area contributed by atoms with E-state index in [0.717, 1.165) is 28.9 Å². The fourth-order valence-electron chi connectivity index (χ4n) is 2.15. The molecule has 1 aromatic heterocycles. The number of benzene rings is 1. The van der Waals surface area contributed by atoms with Crippen molar-refractivity contribution in [3.05, 3.63) is 35.9 Å². The lowest BCUT2D eigenvalue weighted by molar-refractivity contribution is -0.116. The third-order valence-electron chi connectivity index (χ3n) is 3.15. The van der Waals surface area contributed by atoms with Gasteiger partial charge in [-0.15, -0.1) is 10.2 Å². The van der Waals surface area contributed by atoms with Crippen molar-refractivity contribution in [1.29, 1.82) is 5.26 Å². The quantitative estimate of drug-likeness (QED) is 0.639. The van der Waals surface area contributed by atoms with E-state index < -0.39 is 0 Å². The molecule has 0 radical (unpaired) electrons. The van der Waals surface area contributed by atoms with Gasteiger partial charge in [0.05, 0.1) is 5.69 Å². The van der Waals surface area contributed by atoms with Gasteiger partial charge < -0.3 is 5.32 Å². The van der Waals surface area contributed by atoms with Crippen LogP contribution in [0.3, 0.4) is 0 Å². The summed E-state index contributed by atoms with van der Waals surface area (Å²) in [6.45, 7) is 0. The highest BCUT2D eigenvalue weighted by Gasteiger charge is 2.15. The molecule has 2 heterocycles. The second-order valence-electron chi connectivity index (χ2n) is 4.46. The summed E-state index contributed by atoms with van der Waals surface area (Å²) in [6, 6.07) is 9.29. The Kier molecular flexibility index (Phi) is 3.01. The van der Waals surface area contributed by atoms with E-state index in [2.05, 4.69) is 20.8 Å². The number of nitrogens with one attached hydrogen (secondary N) is 2. The van der Waals surface area contributed by atoms with Crippen LogP contribution in [0.4, 0.5) is 11.5 Å². The van der Waals surface area contributed by atoms with Gasteiger partial charge in [0.25, 0.3) is 0 Å². The number of rotatable bonds is 2. The number of amides is 1. The van der Waals surface area contributed by atoms with Crippen LogP contribution in [0.5, 0.6) is 0 Å². The first-order valence-corrected chi connectivity index (χ1v) is 6.18. The summed E-state index contributed by atoms with van der Waals surface area (Å²) < 4.78 is 0. The zero-order valence-electron chi connectivity index (χ0n) is 10.6. The number of carbonyl (C=O) groups excluding carboxylic acids is 1. The topological polar surface area (TPSA) is 90.7 Å². The van der Waals surface area contributed by atoms with Crippen LogP contribution in [-0.4, -0.2) is 16.1 Å². The normalized spacial score (nSPS) is 13.1. The highest BCUT2D eigenvalue weighted by Crippen LogP contribution is 2.27. The monoisotopic (exact) mass is 265 g/mol. The summed E-state index contributed by atoms with van der Waals surface area (Å²) in [6.07, 6.45) is 3.04. The maximum Gasteiger partial charge on any atom is 0.224 e. The Bertz CT molecular complexity index is 702. The van der Waals surface area contributed by atoms with Crippen LogP contribution < -0.4 is 10.6 Å². The van der Waals surface area contributed by atoms with Crippen molar-refractivity contribution in [1.82, 2.24) is 10.2 Å². The molecule has 0 saturated carbocycles. The first-order valence-electron chi connectivity index (χ1n) is 6.18. The van der Waals surface area contributed by atoms with E-state index in [1.165, 1.54) is 0 Å². The van der Waals surface area contributed by atoms with Gasteiger partial charge in [-0.25, -0.2) is 0 Å². The lowest BCUT2D eigenvalue weighted by atomic mass is 9.99. The van der Waals surface area contributed by atoms with E-state index in [-0.39, 0.29) is 5.91 Å². The van der Waals surface area contributed by atoms with Crippen molar-refractivity contribution in [2.24, 2.45) is 0 Å². The molecular formula is C14H11N5O. The maximum atomic E-state index is 11.3. The number of aryl methyl sites for hydroxylation is 1. The number of nitrogens with zero attached hydrogens (tertiary/aromatic N) is 3. The zero-order chi connectivity index (χ0) is 13.9. The molecule has 20 heavy (non-hydrogen) atoms. The van der Waals surface area contributed by atoms with Crippen LogP contribution >= 0.6 is 0 Å². The molecule has 1 aromatic carbocycles. The summed E-state index contributed by atoms with van der Waals surface area (Å²) in [5, 5.41) is 21.8. The molecule has 0 fully saturated rings. The second-order valence-corrected chi connectivity index (χ2v) is 4.46. The summed E-state index contributed by atoms with van der Waals surface area (Å²) in [5.74, 6) is 0.471. The number of aromatic nitrogens is 2. The number of carbonyl (C=O) groups is 1. The molecule has 3 rings (SSSR count). The standard InChI is InChI=1S/C14H11N5O/c15-8-16-13-5-4-12(18-19-13)10-1-3-11-9(7-10)2-6-14(20)17-11/h1,3-5,7H,2,6H2,(H,16,19)(H,17,20). The van der Waals surface area contributed by atoms with E-state index in [9.17, 15) is 4.79 Å². The van der Waals surface area contributed by atoms with Crippen molar-refractivity contribution in [3.63, 3.8) is 0 Å². The van der Waals surface area contributed by atoms with Crippen LogP contribution in [0.15, 0.2) is 30.3 Å². The highest BCUT2D eigenvalue weighted by atomic mass is 16.1. The molecule has 0 aliphatic carbocycles. The first kappa shape index (κ1) is 12.1. The fraction of sp³-hybridized carbons (Fsp3) is 0.143. The Labute approximate surface area is 115 Å². The lowest BCUT2D eigenvalue weighted by Crippen LogP contribution is -2.18. The predicted molar refractivity (Wildman–Crippen MR) is 73.7 cm³/mol. The summed E-state index contributed by atoms with van der Waals surface area (Å²) in [4.78, 5) is 11.3. The predicted octanol–water partition coefficient (Wildman–Crippen LogP) is 1.92. The third kappa shape index (κ3) is 2.29. The maximum absolute atomic E-state index is 11.3. The molecule has 0 spiro atoms. The number of hydrogen-bond acceptors (Lipinski definition) is 5. The molecule has 2 aromatic rings. The van der Waals surface area contributed by atoms with Gasteiger partial charge in [0, 0.05) is 17.7 Å². The molecule has 1 amide bonds. The van der Waals surface area contributed by atoms with Crippen LogP contribution in [0.25, 0.3) is 11.3 Å². The van der Waals surface area contributed by atoms with Crippen molar-refractivity contribution >= 4 is 17.4 Å². The van der Waals surface area contributed by atoms with Gasteiger partial charge in [-0.3, -0.25) is 10.1 Å². The SMILES string of the molecule is N#CNc1ccc(-c2ccc3c(c2)CCC(=O)N3)nn1. The number of hydrogen-bond donors (Lipinski definition) is 2. The van der Waals surface area contributed by atoms with Crippen molar-refractivity contribution in [2.45, 2.75) is 12.8 Å². The highest BCUT2D eigenvalue weighted by molar-refractivity contribution is 5.94. The Morgan fingerprint density at radius 1 is 1.20 bits per heavy atom. The summed E-state index contributed by atoms with van der Waals surface area (Å²) in [5.41, 5.74) is 3.63. The van der Waals surface area contributed by atoms with Gasteiger partial charge in [-0.05, 0) is 36.2 Å². The molecule has 0 saturated heterocycles. The van der Waals surface area contributed by atoms with Gasteiger partial charge in [0.15, 0.2) is 12.0 Å². The van der Waals surface area contributed by atoms with Crippen molar-refractivity contribution in [3.8, 4) is 17.5 Å². The molecular weight excluding hydrogens is 254 g/mol. The third-order valence-corrected chi connectivity index (χ3v) is 3.15. The molecule has 6 nitrogen and oxygen atoms in total. The van der Waals surface area contributed by atoms with Crippen molar-refractivity contribution in [2.75, 3.05) is 10.6 Å². The summed E-state index contributed by atoms with van der Waals surface area (Å²) >= 11 is 0. The summed E-state index contributed by atoms with van der Waals surface area (Å²) in [7, 11) is 0. The van der Waals surface area contributed by atoms with E-state index >= 15 is 0 Å². The Balaban J connectivity index is 1.91. The molecule has 98 valence electrons. The lowest BCUT2D eigenvalue weighted by Gasteiger charge is -2.17. The molecule has 1 aliphatic rings. The van der Waals surface area contributed by atoms with Crippen molar-refractivity contribution < 1.29 is 4.79 Å². The minimum Gasteiger partial charge on any atom is -0.326 e. The molecule has 2 N–H and O–H groups in total. The smallest absolute Gasteiger partial charge is 0.224 e. The van der Waals surface area contributed by atoms with Crippen LogP contribution in [-0.2, 0) is 11.2 Å². The Morgan fingerprint density at radius 2 is 2.10 bits per heavy atom. The zero-order valence-corrected chi connectivity index (χ0v) is 10.6. The molecule has 0 atom stereocenters. The molecule has 1 aliphatic heterocycles. The average molecular weight is 265 g/mol. The van der Waals surface area contributed by atoms with Gasteiger partial charge in [-0.1, -0.05) is 6.07 Å². The number of nitriles is 1. The van der Waals surface area contributed by atoms with Gasteiger partial charge >= 0.3 is 0 Å². The minimum atomic E-state index is 0.0528. The molecule has 0 unspecified atom stereocenters. The fourth-order valence-corrected chi connectivity index (χ4v) is 2.15. The van der Waals surface area contributed by atoms with E-state index in [4.69, 9.17) is 5.26 Å². The van der Waals surface area contributed by atoms with E-state index in [1.54, 1.807) is 18.3 Å². The first-order chi connectivity index (χ1) is 9.76. The van der Waals surface area contributed by atoms with Gasteiger partial charge in [0.1, 0.15) is 0 Å². The van der Waals surface area contributed by atoms with Gasteiger partial charge in [0.2, 0.25) is 5.91 Å². The Hall–Kier alpha value is -2.94. The second kappa shape index (κ2) is 4.97. The average Bonchev–Trinajstić information content (AvgIpc) is 2.48. The number of fused-ring (bicyclic) bond motifs is 1. The molecule has 6 heteroatoms. The van der Waals surface area contributed by atoms with Gasteiger partial charge in [-0.2, -0.15) is 5.26 Å². The van der Waals surface area contributed by atoms with E-state index in [1.807, 2.05) is 18.2 Å². The van der Waals surface area contributed by atoms with E-state index in [0.29, 0.717) is 12.2 Å².